The maximum Gasteiger partial charge on any atom is 0.0940 e. The maximum atomic E-state index is 5.94. The first kappa shape index (κ1) is 10.4. The van der Waals surface area contributed by atoms with Gasteiger partial charge >= 0.3 is 0 Å². The molecule has 2 saturated heterocycles. The Hall–Kier alpha value is 0.260. The van der Waals surface area contributed by atoms with Crippen LogP contribution in [0, 0.1) is 0 Å². The van der Waals surface area contributed by atoms with Crippen LogP contribution in [0.4, 0.5) is 0 Å². The number of nitrogens with one attached hydrogen (secondary N) is 1. The molecule has 1 aromatic heterocycles. The zero-order valence-electron chi connectivity index (χ0n) is 8.28. The van der Waals surface area contributed by atoms with Gasteiger partial charge in [-0.1, -0.05) is 11.6 Å². The molecule has 2 atom stereocenters. The van der Waals surface area contributed by atoms with Crippen LogP contribution in [-0.2, 0) is 0 Å². The van der Waals surface area contributed by atoms with Gasteiger partial charge in [0.2, 0.25) is 0 Å². The van der Waals surface area contributed by atoms with E-state index in [0.717, 1.165) is 29.5 Å². The van der Waals surface area contributed by atoms with E-state index in [4.69, 9.17) is 11.6 Å². The quantitative estimate of drug-likeness (QED) is 0.824. The van der Waals surface area contributed by atoms with Crippen molar-refractivity contribution in [3.05, 3.63) is 16.5 Å². The van der Waals surface area contributed by atoms with E-state index in [1.54, 1.807) is 11.3 Å². The van der Waals surface area contributed by atoms with Crippen molar-refractivity contribution in [2.45, 2.75) is 29.1 Å². The van der Waals surface area contributed by atoms with E-state index in [1.165, 1.54) is 17.1 Å². The SMILES string of the molecule is Clc1ccc(SN2C3CCC2CNC3)s1. The van der Waals surface area contributed by atoms with E-state index in [2.05, 4.69) is 15.7 Å². The minimum atomic E-state index is 0.717. The van der Waals surface area contributed by atoms with Crippen LogP contribution in [0.3, 0.4) is 0 Å². The first-order valence-electron chi connectivity index (χ1n) is 5.25. The van der Waals surface area contributed by atoms with Crippen LogP contribution in [0.25, 0.3) is 0 Å². The molecule has 2 aliphatic heterocycles. The highest BCUT2D eigenvalue weighted by Crippen LogP contribution is 2.40. The molecule has 0 radical (unpaired) electrons. The molecule has 2 aliphatic rings. The van der Waals surface area contributed by atoms with Gasteiger partial charge in [-0.2, -0.15) is 0 Å². The normalized spacial score (nSPS) is 31.0. The van der Waals surface area contributed by atoms with Crippen LogP contribution in [0.1, 0.15) is 12.8 Å². The zero-order chi connectivity index (χ0) is 10.3. The van der Waals surface area contributed by atoms with Gasteiger partial charge in [-0.05, 0) is 36.9 Å². The van der Waals surface area contributed by atoms with Gasteiger partial charge in [0, 0.05) is 25.2 Å². The van der Waals surface area contributed by atoms with Crippen LogP contribution < -0.4 is 5.32 Å². The lowest BCUT2D eigenvalue weighted by atomic mass is 10.2. The van der Waals surface area contributed by atoms with Gasteiger partial charge in [0.15, 0.2) is 0 Å². The number of halogens is 1. The average Bonchev–Trinajstić information content (AvgIpc) is 2.71. The summed E-state index contributed by atoms with van der Waals surface area (Å²) in [5.41, 5.74) is 0. The number of rotatable bonds is 2. The first-order valence-corrected chi connectivity index (χ1v) is 7.22. The summed E-state index contributed by atoms with van der Waals surface area (Å²) < 4.78 is 4.78. The highest BCUT2D eigenvalue weighted by Gasteiger charge is 2.37. The summed E-state index contributed by atoms with van der Waals surface area (Å²) in [6.45, 7) is 2.28. The van der Waals surface area contributed by atoms with Gasteiger partial charge in [-0.15, -0.1) is 11.3 Å². The number of hydrogen-bond donors (Lipinski definition) is 1. The lowest BCUT2D eigenvalue weighted by Crippen LogP contribution is -2.48. The van der Waals surface area contributed by atoms with Crippen molar-refractivity contribution in [3.8, 4) is 0 Å². The lowest BCUT2D eigenvalue weighted by molar-refractivity contribution is 0.288. The predicted molar refractivity (Wildman–Crippen MR) is 66.7 cm³/mol. The molecule has 2 unspecified atom stereocenters. The largest absolute Gasteiger partial charge is 0.314 e. The molecule has 2 bridgehead atoms. The van der Waals surface area contributed by atoms with Crippen LogP contribution in [0.15, 0.2) is 16.3 Å². The van der Waals surface area contributed by atoms with Crippen molar-refractivity contribution in [1.82, 2.24) is 9.62 Å². The standard InChI is InChI=1S/C10H13ClN2S2/c11-9-3-4-10(14-9)15-13-7-1-2-8(13)6-12-5-7/h3-4,7-8,12H,1-2,5-6H2. The molecule has 2 nitrogen and oxygen atoms in total. The van der Waals surface area contributed by atoms with Gasteiger partial charge in [-0.25, -0.2) is 4.31 Å². The zero-order valence-corrected chi connectivity index (χ0v) is 10.7. The molecular formula is C10H13ClN2S2. The number of fused-ring (bicyclic) bond motifs is 2. The van der Waals surface area contributed by atoms with Crippen molar-refractivity contribution in [2.24, 2.45) is 0 Å². The van der Waals surface area contributed by atoms with Crippen molar-refractivity contribution in [1.29, 1.82) is 0 Å². The number of nitrogens with zero attached hydrogens (tertiary/aromatic N) is 1. The molecular weight excluding hydrogens is 248 g/mol. The fraction of sp³-hybridized carbons (Fsp3) is 0.600. The monoisotopic (exact) mass is 260 g/mol. The molecule has 3 rings (SSSR count). The Kier molecular flexibility index (Phi) is 2.96. The summed E-state index contributed by atoms with van der Waals surface area (Å²) in [4.78, 5) is 0. The molecule has 82 valence electrons. The van der Waals surface area contributed by atoms with Crippen molar-refractivity contribution >= 4 is 34.9 Å². The van der Waals surface area contributed by atoms with Gasteiger partial charge in [0.1, 0.15) is 0 Å². The van der Waals surface area contributed by atoms with Gasteiger partial charge < -0.3 is 5.32 Å². The molecule has 0 aromatic carbocycles. The minimum absolute atomic E-state index is 0.717. The Morgan fingerprint density at radius 1 is 1.33 bits per heavy atom. The second-order valence-electron chi connectivity index (χ2n) is 4.05. The Bertz CT molecular complexity index is 339. The molecule has 0 aliphatic carbocycles. The molecule has 0 amide bonds. The summed E-state index contributed by atoms with van der Waals surface area (Å²) in [5.74, 6) is 0. The Balaban J connectivity index is 1.73. The van der Waals surface area contributed by atoms with E-state index >= 15 is 0 Å². The molecule has 15 heavy (non-hydrogen) atoms. The molecule has 1 aromatic rings. The van der Waals surface area contributed by atoms with Crippen molar-refractivity contribution in [2.75, 3.05) is 13.1 Å². The van der Waals surface area contributed by atoms with E-state index in [1.807, 2.05) is 18.0 Å². The Labute approximate surface area is 103 Å². The van der Waals surface area contributed by atoms with E-state index in [0.29, 0.717) is 0 Å². The van der Waals surface area contributed by atoms with Gasteiger partial charge in [0.05, 0.1) is 8.55 Å². The van der Waals surface area contributed by atoms with Crippen LogP contribution in [0.5, 0.6) is 0 Å². The second-order valence-corrected chi connectivity index (χ2v) is 7.07. The summed E-state index contributed by atoms with van der Waals surface area (Å²) in [7, 11) is 0. The van der Waals surface area contributed by atoms with Crippen LogP contribution in [-0.4, -0.2) is 29.5 Å². The fourth-order valence-electron chi connectivity index (χ4n) is 2.34. The van der Waals surface area contributed by atoms with E-state index < -0.39 is 0 Å². The first-order chi connectivity index (χ1) is 7.33. The third-order valence-electron chi connectivity index (χ3n) is 3.06. The Morgan fingerprint density at radius 2 is 2.07 bits per heavy atom. The predicted octanol–water partition coefficient (Wildman–Crippen LogP) is 2.84. The molecule has 0 spiro atoms. The summed E-state index contributed by atoms with van der Waals surface area (Å²) in [6.07, 6.45) is 2.67. The molecule has 2 fully saturated rings. The van der Waals surface area contributed by atoms with Crippen LogP contribution in [0.2, 0.25) is 4.34 Å². The van der Waals surface area contributed by atoms with Gasteiger partial charge in [0.25, 0.3) is 0 Å². The Morgan fingerprint density at radius 3 is 2.67 bits per heavy atom. The molecule has 0 saturated carbocycles. The third kappa shape index (κ3) is 2.06. The minimum Gasteiger partial charge on any atom is -0.314 e. The highest BCUT2D eigenvalue weighted by molar-refractivity contribution is 7.99. The molecule has 5 heteroatoms. The number of piperazine rings is 1. The second kappa shape index (κ2) is 4.26. The van der Waals surface area contributed by atoms with E-state index in [9.17, 15) is 0 Å². The average molecular weight is 261 g/mol. The smallest absolute Gasteiger partial charge is 0.0940 e. The number of hydrogen-bond acceptors (Lipinski definition) is 4. The van der Waals surface area contributed by atoms with Gasteiger partial charge in [-0.3, -0.25) is 0 Å². The maximum absolute atomic E-state index is 5.94. The third-order valence-corrected chi connectivity index (χ3v) is 5.68. The number of thiophene rings is 1. The van der Waals surface area contributed by atoms with Crippen molar-refractivity contribution < 1.29 is 0 Å². The van der Waals surface area contributed by atoms with E-state index in [-0.39, 0.29) is 0 Å². The summed E-state index contributed by atoms with van der Waals surface area (Å²) in [5, 5.41) is 3.49. The van der Waals surface area contributed by atoms with Crippen LogP contribution >= 0.6 is 34.9 Å². The summed E-state index contributed by atoms with van der Waals surface area (Å²) in [6, 6.07) is 5.54. The highest BCUT2D eigenvalue weighted by atomic mass is 35.5. The van der Waals surface area contributed by atoms with Crippen molar-refractivity contribution in [3.63, 3.8) is 0 Å². The lowest BCUT2D eigenvalue weighted by Gasteiger charge is -2.33. The summed E-state index contributed by atoms with van der Waals surface area (Å²) >= 11 is 9.51. The topological polar surface area (TPSA) is 15.3 Å². The molecule has 3 heterocycles. The molecule has 1 N–H and O–H groups in total. The fourth-order valence-corrected chi connectivity index (χ4v) is 4.92.